The van der Waals surface area contributed by atoms with Crippen LogP contribution >= 0.6 is 0 Å². The van der Waals surface area contributed by atoms with E-state index in [0.717, 1.165) is 12.0 Å². The fourth-order valence-electron chi connectivity index (χ4n) is 1.63. The Morgan fingerprint density at radius 2 is 1.94 bits per heavy atom. The minimum absolute atomic E-state index is 0.0446. The van der Waals surface area contributed by atoms with Gasteiger partial charge < -0.3 is 9.84 Å². The molecule has 16 heavy (non-hydrogen) atoms. The Morgan fingerprint density at radius 1 is 1.25 bits per heavy atom. The summed E-state index contributed by atoms with van der Waals surface area (Å²) in [5.74, 6) is 0.635. The first-order valence-electron chi connectivity index (χ1n) is 5.93. The summed E-state index contributed by atoms with van der Waals surface area (Å²) in [4.78, 5) is 0. The number of aliphatic hydroxyl groups is 1. The van der Waals surface area contributed by atoms with E-state index >= 15 is 0 Å². The summed E-state index contributed by atoms with van der Waals surface area (Å²) >= 11 is 0. The Hall–Kier alpha value is -0.860. The number of hydrogen-bond acceptors (Lipinski definition) is 2. The van der Waals surface area contributed by atoms with E-state index in [9.17, 15) is 5.11 Å². The normalized spacial score (nSPS) is 13.1. The molecule has 0 amide bonds. The average Bonchev–Trinajstić information content (AvgIpc) is 2.25. The Balaban J connectivity index is 2.57. The molecule has 0 aromatic heterocycles. The molecule has 0 bridgehead atoms. The number of aryl methyl sites for hydroxylation is 1. The maximum absolute atomic E-state index is 9.34. The molecule has 0 saturated carbocycles. The number of ether oxygens (including phenoxy) is 1. The molecule has 0 fully saturated rings. The van der Waals surface area contributed by atoms with Gasteiger partial charge in [-0.05, 0) is 30.4 Å². The Bertz CT molecular complexity index is 307. The van der Waals surface area contributed by atoms with E-state index in [-0.39, 0.29) is 12.7 Å². The molecule has 0 aliphatic rings. The van der Waals surface area contributed by atoms with Gasteiger partial charge in [0.2, 0.25) is 0 Å². The summed E-state index contributed by atoms with van der Waals surface area (Å²) in [7, 11) is 0. The quantitative estimate of drug-likeness (QED) is 0.801. The van der Waals surface area contributed by atoms with E-state index in [1.165, 1.54) is 5.56 Å². The van der Waals surface area contributed by atoms with Crippen molar-refractivity contribution in [2.24, 2.45) is 5.92 Å². The van der Waals surface area contributed by atoms with Crippen LogP contribution in [0.2, 0.25) is 0 Å². The summed E-state index contributed by atoms with van der Waals surface area (Å²) < 4.78 is 5.72. The lowest BCUT2D eigenvalue weighted by Gasteiger charge is -2.18. The van der Waals surface area contributed by atoms with Crippen LogP contribution in [0.1, 0.15) is 37.5 Å². The number of hydrogen-bond donors (Lipinski definition) is 1. The van der Waals surface area contributed by atoms with Crippen molar-refractivity contribution in [3.8, 4) is 0 Å². The van der Waals surface area contributed by atoms with Gasteiger partial charge >= 0.3 is 0 Å². The first-order valence-corrected chi connectivity index (χ1v) is 5.93. The third kappa shape index (κ3) is 3.95. The maximum atomic E-state index is 9.34. The summed E-state index contributed by atoms with van der Waals surface area (Å²) in [6.07, 6.45) is 0.850. The Labute approximate surface area is 98.3 Å². The molecular formula is C14H22O2. The van der Waals surface area contributed by atoms with Crippen molar-refractivity contribution in [1.82, 2.24) is 0 Å². The maximum Gasteiger partial charge on any atom is 0.106 e. The van der Waals surface area contributed by atoms with Crippen LogP contribution < -0.4 is 0 Å². The fraction of sp³-hybridized carbons (Fsp3) is 0.571. The summed E-state index contributed by atoms with van der Waals surface area (Å²) in [5, 5.41) is 9.34. The minimum atomic E-state index is -0.181. The van der Waals surface area contributed by atoms with Gasteiger partial charge in [-0.25, -0.2) is 0 Å². The lowest BCUT2D eigenvalue weighted by molar-refractivity contribution is 0.00666. The van der Waals surface area contributed by atoms with Gasteiger partial charge in [-0.2, -0.15) is 0 Å². The molecule has 2 heteroatoms. The lowest BCUT2D eigenvalue weighted by Crippen LogP contribution is -2.12. The van der Waals surface area contributed by atoms with Crippen LogP contribution in [0.25, 0.3) is 0 Å². The minimum Gasteiger partial charge on any atom is -0.393 e. The first-order chi connectivity index (χ1) is 7.65. The van der Waals surface area contributed by atoms with E-state index in [4.69, 9.17) is 4.74 Å². The molecule has 90 valence electrons. The summed E-state index contributed by atoms with van der Waals surface area (Å²) in [6.45, 7) is 7.14. The zero-order chi connectivity index (χ0) is 12.0. The van der Waals surface area contributed by atoms with Crippen molar-refractivity contribution in [2.45, 2.75) is 33.3 Å². The van der Waals surface area contributed by atoms with Crippen molar-refractivity contribution >= 4 is 0 Å². The van der Waals surface area contributed by atoms with Gasteiger partial charge in [0.1, 0.15) is 6.10 Å². The van der Waals surface area contributed by atoms with Crippen LogP contribution in [0, 0.1) is 12.8 Å². The number of aliphatic hydroxyl groups excluding tert-OH is 1. The third-order valence-electron chi connectivity index (χ3n) is 2.72. The van der Waals surface area contributed by atoms with Crippen molar-refractivity contribution in [1.29, 1.82) is 0 Å². The summed E-state index contributed by atoms with van der Waals surface area (Å²) in [6, 6.07) is 8.05. The predicted octanol–water partition coefficient (Wildman–Crippen LogP) is 3.09. The van der Waals surface area contributed by atoms with Crippen LogP contribution in [0.4, 0.5) is 0 Å². The molecule has 1 N–H and O–H groups in total. The van der Waals surface area contributed by atoms with E-state index in [1.54, 1.807) is 0 Å². The van der Waals surface area contributed by atoms with Crippen molar-refractivity contribution in [3.63, 3.8) is 0 Å². The lowest BCUT2D eigenvalue weighted by atomic mass is 10.0. The highest BCUT2D eigenvalue weighted by atomic mass is 16.5. The first kappa shape index (κ1) is 13.2. The molecule has 2 nitrogen and oxygen atoms in total. The van der Waals surface area contributed by atoms with E-state index in [1.807, 2.05) is 31.2 Å². The monoisotopic (exact) mass is 222 g/mol. The Morgan fingerprint density at radius 3 is 2.50 bits per heavy atom. The zero-order valence-corrected chi connectivity index (χ0v) is 10.4. The van der Waals surface area contributed by atoms with Gasteiger partial charge in [0.05, 0.1) is 6.61 Å². The second-order valence-corrected chi connectivity index (χ2v) is 4.58. The smallest absolute Gasteiger partial charge is 0.106 e. The molecule has 1 aromatic carbocycles. The van der Waals surface area contributed by atoms with Crippen molar-refractivity contribution in [3.05, 3.63) is 35.4 Å². The second-order valence-electron chi connectivity index (χ2n) is 4.58. The van der Waals surface area contributed by atoms with E-state index < -0.39 is 0 Å². The molecule has 1 unspecified atom stereocenters. The average molecular weight is 222 g/mol. The van der Waals surface area contributed by atoms with Gasteiger partial charge in [-0.15, -0.1) is 0 Å². The topological polar surface area (TPSA) is 29.5 Å². The van der Waals surface area contributed by atoms with Crippen LogP contribution in [0.5, 0.6) is 0 Å². The van der Waals surface area contributed by atoms with Crippen molar-refractivity contribution in [2.75, 3.05) is 13.2 Å². The number of benzene rings is 1. The van der Waals surface area contributed by atoms with Crippen LogP contribution in [0.3, 0.4) is 0 Å². The SMILES string of the molecule is Cc1ccccc1C(CO)OCCC(C)C. The molecule has 1 atom stereocenters. The number of rotatable bonds is 6. The highest BCUT2D eigenvalue weighted by molar-refractivity contribution is 5.27. The van der Waals surface area contributed by atoms with Gasteiger partial charge in [-0.1, -0.05) is 38.1 Å². The van der Waals surface area contributed by atoms with Crippen LogP contribution in [-0.4, -0.2) is 18.3 Å². The molecule has 0 spiro atoms. The molecule has 1 rings (SSSR count). The predicted molar refractivity (Wildman–Crippen MR) is 66.4 cm³/mol. The van der Waals surface area contributed by atoms with Gasteiger partial charge in [-0.3, -0.25) is 0 Å². The molecular weight excluding hydrogens is 200 g/mol. The van der Waals surface area contributed by atoms with Gasteiger partial charge in [0, 0.05) is 6.61 Å². The molecule has 0 saturated heterocycles. The standard InChI is InChI=1S/C14H22O2/c1-11(2)8-9-16-14(10-15)13-7-5-4-6-12(13)3/h4-7,11,14-15H,8-10H2,1-3H3. The highest BCUT2D eigenvalue weighted by Crippen LogP contribution is 2.21. The zero-order valence-electron chi connectivity index (χ0n) is 10.4. The van der Waals surface area contributed by atoms with Gasteiger partial charge in [0.15, 0.2) is 0 Å². The molecule has 0 aliphatic carbocycles. The molecule has 1 aromatic rings. The van der Waals surface area contributed by atoms with E-state index in [0.29, 0.717) is 12.5 Å². The molecule has 0 heterocycles. The summed E-state index contributed by atoms with van der Waals surface area (Å²) in [5.41, 5.74) is 2.26. The fourth-order valence-corrected chi connectivity index (χ4v) is 1.63. The Kier molecular flexibility index (Phi) is 5.50. The highest BCUT2D eigenvalue weighted by Gasteiger charge is 2.12. The van der Waals surface area contributed by atoms with Crippen molar-refractivity contribution < 1.29 is 9.84 Å². The van der Waals surface area contributed by atoms with Gasteiger partial charge in [0.25, 0.3) is 0 Å². The van der Waals surface area contributed by atoms with Crippen LogP contribution in [0.15, 0.2) is 24.3 Å². The third-order valence-corrected chi connectivity index (χ3v) is 2.72. The molecule has 0 aliphatic heterocycles. The largest absolute Gasteiger partial charge is 0.393 e. The molecule has 0 radical (unpaired) electrons. The van der Waals surface area contributed by atoms with Crippen LogP contribution in [-0.2, 0) is 4.74 Å². The second kappa shape index (κ2) is 6.66. The van der Waals surface area contributed by atoms with E-state index in [2.05, 4.69) is 13.8 Å².